The van der Waals surface area contributed by atoms with Crippen molar-refractivity contribution in [1.29, 1.82) is 0 Å². The highest BCUT2D eigenvalue weighted by molar-refractivity contribution is 7.58. The highest BCUT2D eigenvalue weighted by Crippen LogP contribution is 2.53. The lowest BCUT2D eigenvalue weighted by molar-refractivity contribution is 0.199. The zero-order chi connectivity index (χ0) is 25.8. The van der Waals surface area contributed by atoms with Gasteiger partial charge in [-0.2, -0.15) is 0 Å². The Hall–Kier alpha value is -1.77. The van der Waals surface area contributed by atoms with Crippen molar-refractivity contribution in [2.24, 2.45) is 11.8 Å². The Morgan fingerprint density at radius 3 is 2.30 bits per heavy atom. The van der Waals surface area contributed by atoms with Gasteiger partial charge in [0.05, 0.1) is 20.3 Å². The van der Waals surface area contributed by atoms with Gasteiger partial charge < -0.3 is 14.0 Å². The fraction of sp³-hybridized carbons (Fsp3) is 0.625. The second-order valence-corrected chi connectivity index (χ2v) is 14.4. The maximum absolute atomic E-state index is 12.9. The highest BCUT2D eigenvalue weighted by Gasteiger charge is 2.36. The molecule has 3 saturated carbocycles. The lowest BCUT2D eigenvalue weighted by Gasteiger charge is -2.34. The predicted octanol–water partition coefficient (Wildman–Crippen LogP) is 8.75. The molecule has 2 aromatic rings. The summed E-state index contributed by atoms with van der Waals surface area (Å²) in [4.78, 5) is 0. The number of rotatable bonds is 12. The average Bonchev–Trinajstić information content (AvgIpc) is 3.71. The monoisotopic (exact) mass is 524 g/mol. The van der Waals surface area contributed by atoms with Crippen molar-refractivity contribution < 1.29 is 18.6 Å². The van der Waals surface area contributed by atoms with Gasteiger partial charge in [0.25, 0.3) is 0 Å². The third kappa shape index (κ3) is 6.82. The molecule has 0 aromatic heterocycles. The summed E-state index contributed by atoms with van der Waals surface area (Å²) in [6.45, 7) is 5.01. The number of benzene rings is 2. The molecule has 3 fully saturated rings. The van der Waals surface area contributed by atoms with E-state index in [0.29, 0.717) is 36.4 Å². The third-order valence-corrected chi connectivity index (χ3v) is 10.9. The lowest BCUT2D eigenvalue weighted by atomic mass is 9.72. The van der Waals surface area contributed by atoms with E-state index in [1.165, 1.54) is 63.4 Å². The summed E-state index contributed by atoms with van der Waals surface area (Å²) in [6.07, 6.45) is 12.0. The molecule has 0 N–H and O–H groups in total. The van der Waals surface area contributed by atoms with E-state index < -0.39 is 7.37 Å². The Morgan fingerprint density at radius 2 is 1.65 bits per heavy atom. The Labute approximate surface area is 223 Å². The van der Waals surface area contributed by atoms with Crippen LogP contribution in [0, 0.1) is 11.8 Å². The van der Waals surface area contributed by atoms with Gasteiger partial charge in [0.1, 0.15) is 11.5 Å². The van der Waals surface area contributed by atoms with Crippen molar-refractivity contribution in [3.63, 3.8) is 0 Å². The van der Waals surface area contributed by atoms with Gasteiger partial charge in [0, 0.05) is 12.8 Å². The Morgan fingerprint density at radius 1 is 0.892 bits per heavy atom. The van der Waals surface area contributed by atoms with Crippen molar-refractivity contribution in [3.8, 4) is 11.5 Å². The number of hydrogen-bond donors (Lipinski definition) is 0. The molecule has 5 rings (SSSR count). The molecule has 202 valence electrons. The fourth-order valence-corrected chi connectivity index (χ4v) is 8.40. The van der Waals surface area contributed by atoms with E-state index in [9.17, 15) is 4.57 Å². The SMILES string of the molecule is CCOP(C)(=O)C[C@H](c1cccc(OCC2CCC(c3cc(OC)ccc3C3CCC3)CC2)c1)C1CC1. The van der Waals surface area contributed by atoms with E-state index in [1.807, 2.05) is 6.92 Å². The first-order valence-electron chi connectivity index (χ1n) is 14.6. The van der Waals surface area contributed by atoms with Crippen LogP contribution in [0.4, 0.5) is 0 Å². The first-order chi connectivity index (χ1) is 18.0. The summed E-state index contributed by atoms with van der Waals surface area (Å²) in [5.74, 6) is 4.87. The van der Waals surface area contributed by atoms with Gasteiger partial charge in [-0.05, 0) is 129 Å². The summed E-state index contributed by atoms with van der Waals surface area (Å²) in [5.41, 5.74) is 4.38. The van der Waals surface area contributed by atoms with Crippen LogP contribution in [0.3, 0.4) is 0 Å². The van der Waals surface area contributed by atoms with E-state index in [2.05, 4.69) is 42.5 Å². The smallest absolute Gasteiger partial charge is 0.200 e. The Kier molecular flexibility index (Phi) is 8.67. The summed E-state index contributed by atoms with van der Waals surface area (Å²) in [7, 11) is -0.798. The van der Waals surface area contributed by atoms with Crippen LogP contribution in [0.5, 0.6) is 11.5 Å². The topological polar surface area (TPSA) is 44.8 Å². The van der Waals surface area contributed by atoms with Crippen LogP contribution in [0.2, 0.25) is 0 Å². The molecule has 0 saturated heterocycles. The Balaban J connectivity index is 1.17. The van der Waals surface area contributed by atoms with Crippen LogP contribution in [0.25, 0.3) is 0 Å². The molecule has 0 aliphatic heterocycles. The normalized spacial score (nSPS) is 24.6. The van der Waals surface area contributed by atoms with E-state index in [-0.39, 0.29) is 0 Å². The zero-order valence-electron chi connectivity index (χ0n) is 23.0. The average molecular weight is 525 g/mol. The van der Waals surface area contributed by atoms with Crippen molar-refractivity contribution in [2.75, 3.05) is 33.2 Å². The number of hydrogen-bond acceptors (Lipinski definition) is 4. The summed E-state index contributed by atoms with van der Waals surface area (Å²) in [5, 5.41) is 0. The molecule has 0 heterocycles. The van der Waals surface area contributed by atoms with E-state index >= 15 is 0 Å². The van der Waals surface area contributed by atoms with Crippen LogP contribution >= 0.6 is 7.37 Å². The van der Waals surface area contributed by atoms with Gasteiger partial charge in [-0.15, -0.1) is 0 Å². The van der Waals surface area contributed by atoms with E-state index in [1.54, 1.807) is 24.9 Å². The van der Waals surface area contributed by atoms with Gasteiger partial charge in [-0.3, -0.25) is 4.57 Å². The second kappa shape index (κ2) is 12.0. The first-order valence-corrected chi connectivity index (χ1v) is 16.8. The van der Waals surface area contributed by atoms with Crippen LogP contribution in [0.15, 0.2) is 42.5 Å². The zero-order valence-corrected chi connectivity index (χ0v) is 23.9. The van der Waals surface area contributed by atoms with Gasteiger partial charge in [0.15, 0.2) is 0 Å². The molecule has 0 amide bonds. The van der Waals surface area contributed by atoms with Crippen molar-refractivity contribution >= 4 is 7.37 Å². The minimum atomic E-state index is -2.57. The van der Waals surface area contributed by atoms with Crippen LogP contribution in [0.1, 0.15) is 99.2 Å². The van der Waals surface area contributed by atoms with E-state index in [0.717, 1.165) is 24.0 Å². The number of ether oxygens (including phenoxy) is 2. The Bertz CT molecular complexity index is 1080. The standard InChI is InChI=1S/C32H45O4P/c1-4-36-37(3,33)22-32(26-15-16-26)27-9-6-10-29(19-27)35-21-23-11-13-25(14-12-23)31-20-28(34-2)17-18-30(31)24-7-5-8-24/h6,9-10,17-20,23-26,32H,4-5,7-8,11-16,21-22H2,1-3H3/t23?,25?,32-,37?/m0/s1. The maximum Gasteiger partial charge on any atom is 0.200 e. The minimum absolute atomic E-state index is 0.300. The predicted molar refractivity (Wildman–Crippen MR) is 152 cm³/mol. The van der Waals surface area contributed by atoms with Gasteiger partial charge >= 0.3 is 0 Å². The van der Waals surface area contributed by atoms with Gasteiger partial charge in [-0.25, -0.2) is 0 Å². The molecule has 3 aliphatic rings. The molecule has 37 heavy (non-hydrogen) atoms. The van der Waals surface area contributed by atoms with Crippen LogP contribution < -0.4 is 9.47 Å². The molecule has 1 unspecified atom stereocenters. The van der Waals surface area contributed by atoms with E-state index in [4.69, 9.17) is 14.0 Å². The third-order valence-electron chi connectivity index (χ3n) is 9.02. The molecule has 0 spiro atoms. The van der Waals surface area contributed by atoms with Crippen LogP contribution in [-0.4, -0.2) is 33.2 Å². The molecule has 0 bridgehead atoms. The van der Waals surface area contributed by atoms with Crippen molar-refractivity contribution in [1.82, 2.24) is 0 Å². The summed E-state index contributed by atoms with van der Waals surface area (Å²) >= 11 is 0. The number of methoxy groups -OCH3 is 1. The lowest BCUT2D eigenvalue weighted by Crippen LogP contribution is -2.21. The van der Waals surface area contributed by atoms with Gasteiger partial charge in [-0.1, -0.05) is 24.6 Å². The summed E-state index contributed by atoms with van der Waals surface area (Å²) in [6, 6.07) is 15.4. The fourth-order valence-electron chi connectivity index (χ4n) is 6.52. The second-order valence-electron chi connectivity index (χ2n) is 11.8. The summed E-state index contributed by atoms with van der Waals surface area (Å²) < 4.78 is 30.5. The quantitative estimate of drug-likeness (QED) is 0.260. The highest BCUT2D eigenvalue weighted by atomic mass is 31.2. The largest absolute Gasteiger partial charge is 0.497 e. The van der Waals surface area contributed by atoms with Crippen molar-refractivity contribution in [2.45, 2.75) is 82.5 Å². The molecule has 5 heteroatoms. The molecule has 3 aliphatic carbocycles. The molecular formula is C32H45O4P. The van der Waals surface area contributed by atoms with Gasteiger partial charge in [0.2, 0.25) is 7.37 Å². The molecule has 2 atom stereocenters. The first kappa shape index (κ1) is 26.8. The van der Waals surface area contributed by atoms with Crippen molar-refractivity contribution in [3.05, 3.63) is 59.2 Å². The molecule has 0 radical (unpaired) electrons. The molecule has 4 nitrogen and oxygen atoms in total. The van der Waals surface area contributed by atoms with Crippen LogP contribution in [-0.2, 0) is 9.09 Å². The molecule has 2 aromatic carbocycles. The maximum atomic E-state index is 12.9. The minimum Gasteiger partial charge on any atom is -0.497 e. The molecular weight excluding hydrogens is 479 g/mol.